The number of ether oxygens (including phenoxy) is 1. The van der Waals surface area contributed by atoms with Crippen molar-refractivity contribution in [3.05, 3.63) is 78.2 Å². The Morgan fingerprint density at radius 2 is 1.97 bits per heavy atom. The van der Waals surface area contributed by atoms with Gasteiger partial charge in [-0.1, -0.05) is 18.2 Å². The monoisotopic (exact) mass is 448 g/mol. The van der Waals surface area contributed by atoms with E-state index in [4.69, 9.17) is 4.74 Å². The molecule has 0 fully saturated rings. The molecule has 32 heavy (non-hydrogen) atoms. The lowest BCUT2D eigenvalue weighted by molar-refractivity contribution is 0.0935. The van der Waals surface area contributed by atoms with Crippen LogP contribution in [0.15, 0.2) is 72.0 Å². The van der Waals surface area contributed by atoms with E-state index in [2.05, 4.69) is 15.4 Å². The van der Waals surface area contributed by atoms with Crippen molar-refractivity contribution >= 4 is 21.4 Å². The summed E-state index contributed by atoms with van der Waals surface area (Å²) in [6.07, 6.45) is 6.55. The highest BCUT2D eigenvalue weighted by atomic mass is 32.2. The Morgan fingerprint density at radius 3 is 2.75 bits per heavy atom. The molecule has 162 valence electrons. The predicted octanol–water partition coefficient (Wildman–Crippen LogP) is 2.53. The first-order valence-corrected chi connectivity index (χ1v) is 11.9. The Kier molecular flexibility index (Phi) is 4.90. The van der Waals surface area contributed by atoms with Gasteiger partial charge in [0.15, 0.2) is 15.5 Å². The third kappa shape index (κ3) is 3.82. The van der Waals surface area contributed by atoms with Crippen molar-refractivity contribution in [1.29, 1.82) is 0 Å². The summed E-state index contributed by atoms with van der Waals surface area (Å²) in [5.74, 6) is 0.545. The Morgan fingerprint density at radius 1 is 1.19 bits per heavy atom. The van der Waals surface area contributed by atoms with Gasteiger partial charge in [0, 0.05) is 25.1 Å². The second-order valence-electron chi connectivity index (χ2n) is 7.72. The zero-order valence-corrected chi connectivity index (χ0v) is 18.0. The quantitative estimate of drug-likeness (QED) is 0.503. The van der Waals surface area contributed by atoms with E-state index in [1.54, 1.807) is 47.2 Å². The summed E-state index contributed by atoms with van der Waals surface area (Å²) >= 11 is 0. The third-order valence-corrected chi connectivity index (χ3v) is 6.56. The minimum atomic E-state index is -3.22. The fraction of sp³-hybridized carbons (Fsp3) is 0.174. The van der Waals surface area contributed by atoms with Gasteiger partial charge in [-0.25, -0.2) is 17.9 Å². The Hall–Kier alpha value is -3.72. The van der Waals surface area contributed by atoms with Gasteiger partial charge in [0.05, 0.1) is 17.6 Å². The molecule has 0 saturated heterocycles. The topological polar surface area (TPSA) is 103 Å². The minimum absolute atomic E-state index is 0.174. The maximum Gasteiger partial charge on any atom is 0.256 e. The van der Waals surface area contributed by atoms with Crippen molar-refractivity contribution in [2.45, 2.75) is 17.4 Å². The fourth-order valence-corrected chi connectivity index (χ4v) is 4.43. The van der Waals surface area contributed by atoms with E-state index in [1.807, 2.05) is 18.2 Å². The van der Waals surface area contributed by atoms with Crippen LogP contribution in [0, 0.1) is 0 Å². The van der Waals surface area contributed by atoms with Crippen LogP contribution in [0.2, 0.25) is 0 Å². The first-order chi connectivity index (χ1) is 15.4. The maximum absolute atomic E-state index is 12.6. The van der Waals surface area contributed by atoms with Crippen molar-refractivity contribution in [1.82, 2.24) is 19.9 Å². The fourth-order valence-electron chi connectivity index (χ4n) is 3.80. The molecule has 2 aromatic heterocycles. The molecule has 8 nitrogen and oxygen atoms in total. The number of hydrogen-bond donors (Lipinski definition) is 1. The second-order valence-corrected chi connectivity index (χ2v) is 9.73. The first kappa shape index (κ1) is 20.2. The lowest BCUT2D eigenvalue weighted by Gasteiger charge is -2.11. The summed E-state index contributed by atoms with van der Waals surface area (Å²) in [5, 5.41) is 7.04. The highest BCUT2D eigenvalue weighted by Gasteiger charge is 2.24. The number of nitrogens with zero attached hydrogens (tertiary/aromatic N) is 3. The van der Waals surface area contributed by atoms with Gasteiger partial charge in [-0.2, -0.15) is 5.10 Å². The normalized spacial score (nSPS) is 15.3. The van der Waals surface area contributed by atoms with Crippen LogP contribution < -0.4 is 10.1 Å². The van der Waals surface area contributed by atoms with Crippen LogP contribution in [0.4, 0.5) is 0 Å². The van der Waals surface area contributed by atoms with Gasteiger partial charge in [0.2, 0.25) is 0 Å². The lowest BCUT2D eigenvalue weighted by Crippen LogP contribution is -2.34. The number of hydrogen-bond acceptors (Lipinski definition) is 6. The van der Waals surface area contributed by atoms with Gasteiger partial charge < -0.3 is 10.1 Å². The van der Waals surface area contributed by atoms with Crippen molar-refractivity contribution in [3.8, 4) is 16.9 Å². The number of benzene rings is 2. The number of fused-ring (bicyclic) bond motifs is 2. The molecule has 4 aromatic rings. The third-order valence-electron chi connectivity index (χ3n) is 5.43. The number of sulfone groups is 1. The Bertz CT molecular complexity index is 1430. The van der Waals surface area contributed by atoms with E-state index in [-0.39, 0.29) is 12.0 Å². The summed E-state index contributed by atoms with van der Waals surface area (Å²) in [6, 6.07) is 14.5. The van der Waals surface area contributed by atoms with Crippen LogP contribution in [0.3, 0.4) is 0 Å². The van der Waals surface area contributed by atoms with E-state index in [1.165, 1.54) is 12.5 Å². The number of aromatic nitrogens is 3. The molecule has 1 aliphatic rings. The maximum atomic E-state index is 12.6. The number of rotatable bonds is 5. The Labute approximate surface area is 184 Å². The smallest absolute Gasteiger partial charge is 0.256 e. The molecule has 1 atom stereocenters. The molecule has 0 spiro atoms. The van der Waals surface area contributed by atoms with Crippen LogP contribution in [0.1, 0.15) is 15.9 Å². The molecule has 1 N–H and O–H groups in total. The summed E-state index contributed by atoms with van der Waals surface area (Å²) in [5.41, 5.74) is 3.88. The molecule has 0 unspecified atom stereocenters. The highest BCUT2D eigenvalue weighted by Crippen LogP contribution is 2.33. The molecule has 0 aliphatic carbocycles. The molecular formula is C23H20N4O4S. The van der Waals surface area contributed by atoms with Crippen molar-refractivity contribution < 1.29 is 17.9 Å². The summed E-state index contributed by atoms with van der Waals surface area (Å²) < 4.78 is 30.9. The average Bonchev–Trinajstić information content (AvgIpc) is 3.40. The number of carbonyl (C=O) groups excluding carboxylic acids is 1. The van der Waals surface area contributed by atoms with E-state index in [0.29, 0.717) is 29.1 Å². The lowest BCUT2D eigenvalue weighted by atomic mass is 10.0. The molecule has 0 radical (unpaired) electrons. The number of amides is 1. The first-order valence-electron chi connectivity index (χ1n) is 10.0. The molecule has 3 heterocycles. The second kappa shape index (κ2) is 7.76. The van der Waals surface area contributed by atoms with E-state index in [0.717, 1.165) is 22.4 Å². The van der Waals surface area contributed by atoms with Crippen LogP contribution in [-0.4, -0.2) is 47.8 Å². The van der Waals surface area contributed by atoms with Gasteiger partial charge >= 0.3 is 0 Å². The predicted molar refractivity (Wildman–Crippen MR) is 118 cm³/mol. The van der Waals surface area contributed by atoms with Crippen LogP contribution >= 0.6 is 0 Å². The van der Waals surface area contributed by atoms with Crippen LogP contribution in [0.25, 0.3) is 16.8 Å². The van der Waals surface area contributed by atoms with Gasteiger partial charge in [0.25, 0.3) is 5.91 Å². The standard InChI is InChI=1S/C23H20N4O4S/c1-32(29,30)19-6-3-15(4-7-19)16-5-8-21-17(11-16)12-18(31-21)13-25-23(28)20-14-26-27-10-2-9-24-22(20)27/h2-11,14,18H,12-13H2,1H3,(H,25,28)/t18-/m0/s1. The van der Waals surface area contributed by atoms with E-state index in [9.17, 15) is 13.2 Å². The van der Waals surface area contributed by atoms with Crippen molar-refractivity contribution in [3.63, 3.8) is 0 Å². The molecule has 9 heteroatoms. The Balaban J connectivity index is 1.26. The van der Waals surface area contributed by atoms with E-state index >= 15 is 0 Å². The average molecular weight is 449 g/mol. The van der Waals surface area contributed by atoms with Gasteiger partial charge in [-0.3, -0.25) is 4.79 Å². The molecule has 5 rings (SSSR count). The van der Waals surface area contributed by atoms with Gasteiger partial charge in [0.1, 0.15) is 17.4 Å². The van der Waals surface area contributed by atoms with E-state index < -0.39 is 9.84 Å². The highest BCUT2D eigenvalue weighted by molar-refractivity contribution is 7.90. The zero-order valence-electron chi connectivity index (χ0n) is 17.2. The van der Waals surface area contributed by atoms with Gasteiger partial charge in [-0.05, 0) is 47.0 Å². The summed E-state index contributed by atoms with van der Waals surface area (Å²) in [6.45, 7) is 0.357. The molecule has 0 saturated carbocycles. The molecular weight excluding hydrogens is 428 g/mol. The minimum Gasteiger partial charge on any atom is -0.488 e. The largest absolute Gasteiger partial charge is 0.488 e. The summed E-state index contributed by atoms with van der Waals surface area (Å²) in [7, 11) is -3.22. The number of carbonyl (C=O) groups is 1. The zero-order chi connectivity index (χ0) is 22.3. The van der Waals surface area contributed by atoms with Crippen molar-refractivity contribution in [2.24, 2.45) is 0 Å². The van der Waals surface area contributed by atoms with Crippen molar-refractivity contribution in [2.75, 3.05) is 12.8 Å². The SMILES string of the molecule is CS(=O)(=O)c1ccc(-c2ccc3c(c2)C[C@@H](CNC(=O)c2cnn4cccnc24)O3)cc1. The number of nitrogens with one attached hydrogen (secondary N) is 1. The summed E-state index contributed by atoms with van der Waals surface area (Å²) in [4.78, 5) is 17.1. The molecule has 2 aromatic carbocycles. The van der Waals surface area contributed by atoms with Crippen LogP contribution in [-0.2, 0) is 16.3 Å². The molecule has 1 amide bonds. The van der Waals surface area contributed by atoms with Gasteiger partial charge in [-0.15, -0.1) is 0 Å². The molecule has 1 aliphatic heterocycles. The van der Waals surface area contributed by atoms with Crippen LogP contribution in [0.5, 0.6) is 5.75 Å². The molecule has 0 bridgehead atoms.